The lowest BCUT2D eigenvalue weighted by atomic mass is 10.2. The number of rotatable bonds is 3. The predicted octanol–water partition coefficient (Wildman–Crippen LogP) is 3.29. The minimum Gasteiger partial charge on any atom is -0.121 e. The molecule has 0 saturated carbocycles. The van der Waals surface area contributed by atoms with Crippen LogP contribution in [0.3, 0.4) is 0 Å². The summed E-state index contributed by atoms with van der Waals surface area (Å²) in [4.78, 5) is 0. The molecule has 0 fully saturated rings. The van der Waals surface area contributed by atoms with E-state index in [1.165, 1.54) is 0 Å². The van der Waals surface area contributed by atoms with Crippen LogP contribution in [-0.4, -0.2) is 5.88 Å². The van der Waals surface area contributed by atoms with E-state index >= 15 is 0 Å². The molecule has 0 saturated heterocycles. The third kappa shape index (κ3) is 3.55. The summed E-state index contributed by atoms with van der Waals surface area (Å²) in [5.41, 5.74) is 5.34. The monoisotopic (exact) mass is 156 g/mol. The standard InChI is InChI=1S/C9H13Cl/c1-4-9(5-2)6-8(3)7-10/h4H,1,5,7H2,2-3H3. The first-order valence-corrected chi connectivity index (χ1v) is 3.91. The molecule has 0 unspecified atom stereocenters. The molecule has 0 aromatic carbocycles. The number of alkyl halides is 1. The highest BCUT2D eigenvalue weighted by atomic mass is 35.5. The SMILES string of the molecule is C=CC(=C=C(C)CCl)CC. The molecule has 1 heteroatoms. The topological polar surface area (TPSA) is 0 Å². The summed E-state index contributed by atoms with van der Waals surface area (Å²) >= 11 is 5.56. The van der Waals surface area contributed by atoms with E-state index < -0.39 is 0 Å². The van der Waals surface area contributed by atoms with Crippen molar-refractivity contribution in [3.05, 3.63) is 29.5 Å². The van der Waals surface area contributed by atoms with E-state index in [9.17, 15) is 0 Å². The van der Waals surface area contributed by atoms with Crippen LogP contribution < -0.4 is 0 Å². The summed E-state index contributed by atoms with van der Waals surface area (Å²) in [5, 5.41) is 0. The van der Waals surface area contributed by atoms with Crippen LogP contribution in [0.1, 0.15) is 20.3 Å². The molecule has 0 aliphatic heterocycles. The van der Waals surface area contributed by atoms with Crippen LogP contribution in [-0.2, 0) is 0 Å². The molecule has 0 bridgehead atoms. The molecule has 10 heavy (non-hydrogen) atoms. The zero-order chi connectivity index (χ0) is 7.98. The number of hydrogen-bond donors (Lipinski definition) is 0. The molecule has 0 spiro atoms. The van der Waals surface area contributed by atoms with Crippen LogP contribution in [0.15, 0.2) is 29.5 Å². The van der Waals surface area contributed by atoms with Crippen molar-refractivity contribution in [3.8, 4) is 0 Å². The largest absolute Gasteiger partial charge is 0.121 e. The van der Waals surface area contributed by atoms with Crippen molar-refractivity contribution in [2.45, 2.75) is 20.3 Å². The van der Waals surface area contributed by atoms with Gasteiger partial charge in [-0.1, -0.05) is 19.6 Å². The Balaban J connectivity index is 4.49. The van der Waals surface area contributed by atoms with E-state index in [0.717, 1.165) is 17.6 Å². The second-order valence-electron chi connectivity index (χ2n) is 2.12. The first-order chi connectivity index (χ1) is 4.74. The Morgan fingerprint density at radius 3 is 2.60 bits per heavy atom. The Morgan fingerprint density at radius 2 is 2.30 bits per heavy atom. The molecule has 0 amide bonds. The van der Waals surface area contributed by atoms with Crippen molar-refractivity contribution in [2.75, 3.05) is 5.88 Å². The van der Waals surface area contributed by atoms with Gasteiger partial charge in [-0.15, -0.1) is 17.3 Å². The van der Waals surface area contributed by atoms with Gasteiger partial charge in [-0.05, 0) is 24.5 Å². The number of halogens is 1. The average molecular weight is 157 g/mol. The summed E-state index contributed by atoms with van der Waals surface area (Å²) in [7, 11) is 0. The normalized spacial score (nSPS) is 8.30. The Kier molecular flexibility index (Phi) is 5.10. The zero-order valence-electron chi connectivity index (χ0n) is 6.58. The maximum atomic E-state index is 5.56. The Morgan fingerprint density at radius 1 is 1.70 bits per heavy atom. The first kappa shape index (κ1) is 9.55. The minimum atomic E-state index is 0.553. The minimum absolute atomic E-state index is 0.553. The van der Waals surface area contributed by atoms with Gasteiger partial charge in [0, 0.05) is 0 Å². The molecule has 0 aliphatic rings. The van der Waals surface area contributed by atoms with Gasteiger partial charge in [0.05, 0.1) is 5.88 Å². The van der Waals surface area contributed by atoms with Gasteiger partial charge in [0.1, 0.15) is 0 Å². The van der Waals surface area contributed by atoms with Crippen molar-refractivity contribution in [2.24, 2.45) is 0 Å². The predicted molar refractivity (Wildman–Crippen MR) is 47.4 cm³/mol. The van der Waals surface area contributed by atoms with Crippen LogP contribution in [0.2, 0.25) is 0 Å². The van der Waals surface area contributed by atoms with Crippen LogP contribution in [0.5, 0.6) is 0 Å². The molecular formula is C9H13Cl. The third-order valence-electron chi connectivity index (χ3n) is 1.20. The fourth-order valence-corrected chi connectivity index (χ4v) is 0.658. The zero-order valence-corrected chi connectivity index (χ0v) is 7.33. The van der Waals surface area contributed by atoms with Gasteiger partial charge >= 0.3 is 0 Å². The molecule has 56 valence electrons. The summed E-state index contributed by atoms with van der Waals surface area (Å²) in [6, 6.07) is 0. The summed E-state index contributed by atoms with van der Waals surface area (Å²) in [5.74, 6) is 0.553. The maximum absolute atomic E-state index is 5.56. The quantitative estimate of drug-likeness (QED) is 0.334. The van der Waals surface area contributed by atoms with Gasteiger partial charge in [-0.25, -0.2) is 0 Å². The molecule has 0 N–H and O–H groups in total. The third-order valence-corrected chi connectivity index (χ3v) is 1.60. The van der Waals surface area contributed by atoms with Gasteiger partial charge in [-0.2, -0.15) is 0 Å². The van der Waals surface area contributed by atoms with Gasteiger partial charge in [0.25, 0.3) is 0 Å². The molecule has 0 nitrogen and oxygen atoms in total. The summed E-state index contributed by atoms with van der Waals surface area (Å²) in [6.07, 6.45) is 2.79. The highest BCUT2D eigenvalue weighted by molar-refractivity contribution is 6.19. The molecule has 0 radical (unpaired) electrons. The lowest BCUT2D eigenvalue weighted by Crippen LogP contribution is -1.75. The van der Waals surface area contributed by atoms with Crippen molar-refractivity contribution >= 4 is 11.6 Å². The van der Waals surface area contributed by atoms with Crippen molar-refractivity contribution in [3.63, 3.8) is 0 Å². The van der Waals surface area contributed by atoms with Crippen molar-refractivity contribution in [1.29, 1.82) is 0 Å². The van der Waals surface area contributed by atoms with Crippen LogP contribution >= 0.6 is 11.6 Å². The Hall–Kier alpha value is -0.450. The fourth-order valence-electron chi connectivity index (χ4n) is 0.591. The number of hydrogen-bond acceptors (Lipinski definition) is 0. The van der Waals surface area contributed by atoms with Gasteiger partial charge < -0.3 is 0 Å². The lowest BCUT2D eigenvalue weighted by molar-refractivity contribution is 1.15. The second-order valence-corrected chi connectivity index (χ2v) is 2.39. The number of allylic oxidation sites excluding steroid dienone is 2. The van der Waals surface area contributed by atoms with Crippen LogP contribution in [0, 0.1) is 0 Å². The fraction of sp³-hybridized carbons (Fsp3) is 0.444. The van der Waals surface area contributed by atoms with E-state index in [4.69, 9.17) is 11.6 Å². The summed E-state index contributed by atoms with van der Waals surface area (Å²) in [6.45, 7) is 7.70. The summed E-state index contributed by atoms with van der Waals surface area (Å²) < 4.78 is 0. The van der Waals surface area contributed by atoms with Gasteiger partial charge in [0.2, 0.25) is 0 Å². The van der Waals surface area contributed by atoms with E-state index in [1.807, 2.05) is 13.0 Å². The van der Waals surface area contributed by atoms with E-state index in [-0.39, 0.29) is 0 Å². The van der Waals surface area contributed by atoms with Gasteiger partial charge in [-0.3, -0.25) is 0 Å². The Bertz CT molecular complexity index is 171. The Labute approximate surface area is 67.9 Å². The average Bonchev–Trinajstić information content (AvgIpc) is 1.99. The lowest BCUT2D eigenvalue weighted by Gasteiger charge is -1.90. The molecule has 0 atom stereocenters. The molecule has 0 rings (SSSR count). The van der Waals surface area contributed by atoms with Crippen molar-refractivity contribution in [1.82, 2.24) is 0 Å². The molecule has 0 heterocycles. The highest BCUT2D eigenvalue weighted by Crippen LogP contribution is 2.02. The van der Waals surface area contributed by atoms with E-state index in [2.05, 4.69) is 19.2 Å². The molecule has 0 aromatic rings. The van der Waals surface area contributed by atoms with Crippen molar-refractivity contribution < 1.29 is 0 Å². The molecule has 0 aliphatic carbocycles. The van der Waals surface area contributed by atoms with E-state index in [0.29, 0.717) is 5.88 Å². The molecular weight excluding hydrogens is 144 g/mol. The smallest absolute Gasteiger partial charge is 0.0506 e. The first-order valence-electron chi connectivity index (χ1n) is 3.38. The van der Waals surface area contributed by atoms with Crippen LogP contribution in [0.4, 0.5) is 0 Å². The second kappa shape index (κ2) is 5.34. The highest BCUT2D eigenvalue weighted by Gasteiger charge is 1.84. The maximum Gasteiger partial charge on any atom is 0.0506 e. The van der Waals surface area contributed by atoms with E-state index in [1.54, 1.807) is 0 Å². The molecule has 0 aromatic heterocycles. The van der Waals surface area contributed by atoms with Gasteiger partial charge in [0.15, 0.2) is 0 Å². The van der Waals surface area contributed by atoms with Crippen LogP contribution in [0.25, 0.3) is 0 Å².